The van der Waals surface area contributed by atoms with Crippen molar-refractivity contribution in [2.75, 3.05) is 0 Å². The summed E-state index contributed by atoms with van der Waals surface area (Å²) < 4.78 is 6.12. The van der Waals surface area contributed by atoms with Gasteiger partial charge in [0, 0.05) is 28.1 Å². The first-order chi connectivity index (χ1) is 16.7. The van der Waals surface area contributed by atoms with E-state index in [2.05, 4.69) is 15.2 Å². The van der Waals surface area contributed by atoms with Gasteiger partial charge in [-0.15, -0.1) is 12.4 Å². The standard InChI is InChI=1S/C27H20ClN5O.ClH/c28-20-9-10-26(34-16-17-5-2-1-3-6-17)18(11-20)12-21-7-4-8-22(30-21)27-31-24-13-19-15-29-33-23(19)14-25(24)32-27;/h1-11,13-15H,12,16H2,(H,29,33)(H,31,32);1H. The van der Waals surface area contributed by atoms with E-state index in [-0.39, 0.29) is 12.4 Å². The quantitative estimate of drug-likeness (QED) is 0.264. The molecule has 3 aromatic heterocycles. The molecular formula is C27H21Cl2N5O. The van der Waals surface area contributed by atoms with Gasteiger partial charge in [0.1, 0.15) is 18.1 Å². The minimum atomic E-state index is 0. The number of hydrogen-bond acceptors (Lipinski definition) is 4. The first-order valence-electron chi connectivity index (χ1n) is 11.0. The molecule has 0 atom stereocenters. The highest BCUT2D eigenvalue weighted by atomic mass is 35.5. The number of rotatable bonds is 6. The summed E-state index contributed by atoms with van der Waals surface area (Å²) >= 11 is 6.31. The number of aromatic amines is 2. The van der Waals surface area contributed by atoms with E-state index in [4.69, 9.17) is 26.3 Å². The monoisotopic (exact) mass is 501 g/mol. The van der Waals surface area contributed by atoms with Crippen molar-refractivity contribution in [1.29, 1.82) is 0 Å². The highest BCUT2D eigenvalue weighted by molar-refractivity contribution is 6.30. The Morgan fingerprint density at radius 2 is 1.74 bits per heavy atom. The third kappa shape index (κ3) is 4.85. The lowest BCUT2D eigenvalue weighted by molar-refractivity contribution is 0.303. The van der Waals surface area contributed by atoms with Gasteiger partial charge in [-0.05, 0) is 48.0 Å². The molecule has 0 radical (unpaired) electrons. The van der Waals surface area contributed by atoms with E-state index in [9.17, 15) is 0 Å². The average Bonchev–Trinajstić information content (AvgIpc) is 3.49. The molecule has 6 aromatic rings. The fourth-order valence-electron chi connectivity index (χ4n) is 4.04. The van der Waals surface area contributed by atoms with Crippen LogP contribution in [0.3, 0.4) is 0 Å². The highest BCUT2D eigenvalue weighted by Gasteiger charge is 2.12. The molecule has 0 saturated heterocycles. The number of ether oxygens (including phenoxy) is 1. The molecule has 0 aliphatic carbocycles. The van der Waals surface area contributed by atoms with Crippen LogP contribution in [0.2, 0.25) is 5.02 Å². The zero-order valence-electron chi connectivity index (χ0n) is 18.5. The third-order valence-corrected chi connectivity index (χ3v) is 5.96. The van der Waals surface area contributed by atoms with E-state index in [0.717, 1.165) is 56.0 Å². The van der Waals surface area contributed by atoms with Gasteiger partial charge in [0.2, 0.25) is 0 Å². The van der Waals surface area contributed by atoms with E-state index >= 15 is 0 Å². The van der Waals surface area contributed by atoms with Crippen LogP contribution in [0.15, 0.2) is 85.1 Å². The van der Waals surface area contributed by atoms with Gasteiger partial charge in [-0.1, -0.05) is 48.0 Å². The lowest BCUT2D eigenvalue weighted by atomic mass is 10.1. The number of H-pyrrole nitrogens is 2. The second kappa shape index (κ2) is 9.78. The first-order valence-corrected chi connectivity index (χ1v) is 11.3. The maximum atomic E-state index is 6.31. The number of pyridine rings is 1. The highest BCUT2D eigenvalue weighted by Crippen LogP contribution is 2.27. The number of benzene rings is 3. The van der Waals surface area contributed by atoms with Crippen molar-refractivity contribution >= 4 is 45.9 Å². The van der Waals surface area contributed by atoms with Crippen LogP contribution in [0.5, 0.6) is 5.75 Å². The minimum Gasteiger partial charge on any atom is -0.489 e. The largest absolute Gasteiger partial charge is 0.489 e. The van der Waals surface area contributed by atoms with Crippen LogP contribution in [-0.4, -0.2) is 25.1 Å². The van der Waals surface area contributed by atoms with Crippen molar-refractivity contribution in [2.24, 2.45) is 0 Å². The fourth-order valence-corrected chi connectivity index (χ4v) is 4.23. The summed E-state index contributed by atoms with van der Waals surface area (Å²) in [5, 5.41) is 8.77. The molecule has 3 aromatic carbocycles. The molecule has 0 fully saturated rings. The van der Waals surface area contributed by atoms with Crippen LogP contribution in [0.25, 0.3) is 33.5 Å². The molecule has 0 saturated carbocycles. The average molecular weight is 502 g/mol. The topological polar surface area (TPSA) is 79.5 Å². The van der Waals surface area contributed by atoms with Gasteiger partial charge in [0.05, 0.1) is 22.7 Å². The summed E-state index contributed by atoms with van der Waals surface area (Å²) in [4.78, 5) is 13.0. The van der Waals surface area contributed by atoms with Crippen molar-refractivity contribution in [3.05, 3.63) is 107 Å². The van der Waals surface area contributed by atoms with E-state index in [1.165, 1.54) is 0 Å². The number of fused-ring (bicyclic) bond motifs is 2. The maximum Gasteiger partial charge on any atom is 0.157 e. The summed E-state index contributed by atoms with van der Waals surface area (Å²) in [5.74, 6) is 1.52. The SMILES string of the molecule is Cl.Clc1ccc(OCc2ccccc2)c(Cc2cccc(-c3nc4cc5[nH]ncc5cc4[nH]3)n2)c1. The number of nitrogens with zero attached hydrogens (tertiary/aromatic N) is 3. The van der Waals surface area contributed by atoms with Gasteiger partial charge in [-0.3, -0.25) is 5.10 Å². The summed E-state index contributed by atoms with van der Waals surface area (Å²) in [6, 6.07) is 25.8. The van der Waals surface area contributed by atoms with Crippen molar-refractivity contribution in [3.8, 4) is 17.3 Å². The fraction of sp³-hybridized carbons (Fsp3) is 0.0741. The zero-order chi connectivity index (χ0) is 22.9. The van der Waals surface area contributed by atoms with Crippen LogP contribution in [-0.2, 0) is 13.0 Å². The Labute approximate surface area is 212 Å². The molecule has 35 heavy (non-hydrogen) atoms. The van der Waals surface area contributed by atoms with Gasteiger partial charge in [-0.2, -0.15) is 5.10 Å². The molecule has 0 aliphatic heterocycles. The van der Waals surface area contributed by atoms with Gasteiger partial charge in [0.15, 0.2) is 5.82 Å². The second-order valence-corrected chi connectivity index (χ2v) is 8.57. The summed E-state index contributed by atoms with van der Waals surface area (Å²) in [7, 11) is 0. The van der Waals surface area contributed by atoms with Crippen LogP contribution in [0.1, 0.15) is 16.8 Å². The van der Waals surface area contributed by atoms with Crippen molar-refractivity contribution < 1.29 is 4.74 Å². The van der Waals surface area contributed by atoms with E-state index in [0.29, 0.717) is 18.1 Å². The number of halogens is 2. The van der Waals surface area contributed by atoms with Crippen molar-refractivity contribution in [3.63, 3.8) is 0 Å². The van der Waals surface area contributed by atoms with Crippen LogP contribution >= 0.6 is 24.0 Å². The Morgan fingerprint density at radius 3 is 2.63 bits per heavy atom. The third-order valence-electron chi connectivity index (χ3n) is 5.72. The van der Waals surface area contributed by atoms with Crippen molar-refractivity contribution in [2.45, 2.75) is 13.0 Å². The Bertz CT molecular complexity index is 1560. The van der Waals surface area contributed by atoms with Gasteiger partial charge < -0.3 is 9.72 Å². The lowest BCUT2D eigenvalue weighted by Gasteiger charge is -2.12. The maximum absolute atomic E-state index is 6.31. The van der Waals surface area contributed by atoms with Gasteiger partial charge in [-0.25, -0.2) is 9.97 Å². The molecule has 6 rings (SSSR count). The van der Waals surface area contributed by atoms with E-state index in [1.807, 2.05) is 78.9 Å². The summed E-state index contributed by atoms with van der Waals surface area (Å²) in [6.45, 7) is 0.492. The summed E-state index contributed by atoms with van der Waals surface area (Å²) in [6.07, 6.45) is 2.39. The van der Waals surface area contributed by atoms with Crippen molar-refractivity contribution in [1.82, 2.24) is 25.1 Å². The Balaban J connectivity index is 0.00000253. The molecule has 8 heteroatoms. The van der Waals surface area contributed by atoms with Crippen LogP contribution < -0.4 is 4.74 Å². The number of aromatic nitrogens is 5. The van der Waals surface area contributed by atoms with Crippen LogP contribution in [0.4, 0.5) is 0 Å². The molecule has 174 valence electrons. The predicted octanol–water partition coefficient (Wildman–Crippen LogP) is 6.75. The zero-order valence-corrected chi connectivity index (χ0v) is 20.1. The molecule has 0 aliphatic rings. The number of nitrogens with one attached hydrogen (secondary N) is 2. The number of imidazole rings is 1. The normalized spacial score (nSPS) is 11.0. The first kappa shape index (κ1) is 22.9. The molecular weight excluding hydrogens is 481 g/mol. The predicted molar refractivity (Wildman–Crippen MR) is 141 cm³/mol. The summed E-state index contributed by atoms with van der Waals surface area (Å²) in [5.41, 5.74) is 6.55. The van der Waals surface area contributed by atoms with E-state index < -0.39 is 0 Å². The Morgan fingerprint density at radius 1 is 0.857 bits per heavy atom. The minimum absolute atomic E-state index is 0. The van der Waals surface area contributed by atoms with Gasteiger partial charge >= 0.3 is 0 Å². The molecule has 3 heterocycles. The second-order valence-electron chi connectivity index (χ2n) is 8.13. The lowest BCUT2D eigenvalue weighted by Crippen LogP contribution is -2.01. The molecule has 0 spiro atoms. The smallest absolute Gasteiger partial charge is 0.157 e. The Kier molecular flexibility index (Phi) is 6.40. The molecule has 0 amide bonds. The van der Waals surface area contributed by atoms with Gasteiger partial charge in [0.25, 0.3) is 0 Å². The molecule has 0 unspecified atom stereocenters. The molecule has 2 N–H and O–H groups in total. The van der Waals surface area contributed by atoms with Crippen LogP contribution in [0, 0.1) is 0 Å². The molecule has 0 bridgehead atoms. The molecule has 6 nitrogen and oxygen atoms in total. The number of hydrogen-bond donors (Lipinski definition) is 2. The Hall–Kier alpha value is -3.87. The van der Waals surface area contributed by atoms with E-state index in [1.54, 1.807) is 6.20 Å².